The van der Waals surface area contributed by atoms with Gasteiger partial charge in [0, 0.05) is 38.4 Å². The van der Waals surface area contributed by atoms with E-state index < -0.39 is 0 Å². The van der Waals surface area contributed by atoms with Crippen molar-refractivity contribution < 1.29 is 0 Å². The third-order valence-corrected chi connectivity index (χ3v) is 3.75. The van der Waals surface area contributed by atoms with Crippen LogP contribution in [0.1, 0.15) is 37.8 Å². The number of rotatable bonds is 6. The summed E-state index contributed by atoms with van der Waals surface area (Å²) >= 11 is 0. The van der Waals surface area contributed by atoms with Gasteiger partial charge in [0.2, 0.25) is 0 Å². The van der Waals surface area contributed by atoms with Crippen molar-refractivity contribution in [3.8, 4) is 0 Å². The molecule has 2 N–H and O–H groups in total. The van der Waals surface area contributed by atoms with Gasteiger partial charge in [-0.2, -0.15) is 0 Å². The highest BCUT2D eigenvalue weighted by Gasteiger charge is 2.04. The standard InChI is InChI=1S/C17H26N4/c1-18-17(20-13-10-15-7-3-2-4-8-15)21-14-11-16-9-5-6-12-19-16/h5-7,9,12H,2-4,8,10-11,13-14H2,1H3,(H2,18,20,21). The first kappa shape index (κ1) is 15.5. The summed E-state index contributed by atoms with van der Waals surface area (Å²) in [5.74, 6) is 0.877. The van der Waals surface area contributed by atoms with Gasteiger partial charge < -0.3 is 10.6 Å². The Kier molecular flexibility index (Phi) is 6.78. The summed E-state index contributed by atoms with van der Waals surface area (Å²) < 4.78 is 0. The molecule has 4 nitrogen and oxygen atoms in total. The van der Waals surface area contributed by atoms with Gasteiger partial charge in [-0.3, -0.25) is 9.98 Å². The molecule has 0 saturated heterocycles. The number of allylic oxidation sites excluding steroid dienone is 1. The summed E-state index contributed by atoms with van der Waals surface area (Å²) in [6.45, 7) is 1.80. The van der Waals surface area contributed by atoms with Crippen LogP contribution >= 0.6 is 0 Å². The molecule has 0 atom stereocenters. The van der Waals surface area contributed by atoms with Gasteiger partial charge in [0.05, 0.1) is 0 Å². The van der Waals surface area contributed by atoms with Crippen molar-refractivity contribution >= 4 is 5.96 Å². The molecule has 0 aliphatic heterocycles. The minimum Gasteiger partial charge on any atom is -0.356 e. The topological polar surface area (TPSA) is 49.3 Å². The molecule has 114 valence electrons. The zero-order valence-corrected chi connectivity index (χ0v) is 12.9. The van der Waals surface area contributed by atoms with Crippen molar-refractivity contribution in [3.63, 3.8) is 0 Å². The Morgan fingerprint density at radius 3 is 2.71 bits per heavy atom. The van der Waals surface area contributed by atoms with Gasteiger partial charge in [-0.25, -0.2) is 0 Å². The molecule has 0 unspecified atom stereocenters. The number of aromatic nitrogens is 1. The predicted molar refractivity (Wildman–Crippen MR) is 88.5 cm³/mol. The number of nitrogens with one attached hydrogen (secondary N) is 2. The van der Waals surface area contributed by atoms with Gasteiger partial charge >= 0.3 is 0 Å². The van der Waals surface area contributed by atoms with Crippen LogP contribution in [0.4, 0.5) is 0 Å². The number of hydrogen-bond acceptors (Lipinski definition) is 2. The summed E-state index contributed by atoms with van der Waals surface area (Å²) in [6, 6.07) is 6.01. The fourth-order valence-electron chi connectivity index (χ4n) is 2.55. The highest BCUT2D eigenvalue weighted by atomic mass is 15.2. The molecule has 0 aromatic carbocycles. The van der Waals surface area contributed by atoms with Crippen LogP contribution in [0.25, 0.3) is 0 Å². The van der Waals surface area contributed by atoms with Crippen LogP contribution in [-0.4, -0.2) is 31.1 Å². The monoisotopic (exact) mass is 286 g/mol. The molecular weight excluding hydrogens is 260 g/mol. The number of guanidine groups is 1. The Hall–Kier alpha value is -1.84. The van der Waals surface area contributed by atoms with Crippen molar-refractivity contribution in [3.05, 3.63) is 41.7 Å². The lowest BCUT2D eigenvalue weighted by molar-refractivity contribution is 0.665. The first-order valence-corrected chi connectivity index (χ1v) is 7.91. The number of pyridine rings is 1. The maximum atomic E-state index is 4.32. The normalized spacial score (nSPS) is 15.5. The van der Waals surface area contributed by atoms with E-state index in [1.165, 1.54) is 25.7 Å². The smallest absolute Gasteiger partial charge is 0.190 e. The number of hydrogen-bond donors (Lipinski definition) is 2. The van der Waals surface area contributed by atoms with Gasteiger partial charge in [-0.15, -0.1) is 0 Å². The van der Waals surface area contributed by atoms with Gasteiger partial charge in [-0.1, -0.05) is 17.7 Å². The van der Waals surface area contributed by atoms with E-state index in [0.29, 0.717) is 0 Å². The van der Waals surface area contributed by atoms with E-state index >= 15 is 0 Å². The molecule has 1 heterocycles. The molecule has 0 amide bonds. The maximum absolute atomic E-state index is 4.32. The summed E-state index contributed by atoms with van der Waals surface area (Å²) in [7, 11) is 1.82. The lowest BCUT2D eigenvalue weighted by Gasteiger charge is -2.15. The lowest BCUT2D eigenvalue weighted by Crippen LogP contribution is -2.38. The first-order chi connectivity index (χ1) is 10.4. The van der Waals surface area contributed by atoms with E-state index in [0.717, 1.165) is 37.6 Å². The van der Waals surface area contributed by atoms with E-state index in [-0.39, 0.29) is 0 Å². The largest absolute Gasteiger partial charge is 0.356 e. The third kappa shape index (κ3) is 5.98. The molecule has 0 spiro atoms. The maximum Gasteiger partial charge on any atom is 0.190 e. The van der Waals surface area contributed by atoms with E-state index in [2.05, 4.69) is 26.7 Å². The SMILES string of the molecule is CN=C(NCCC1=CCCCC1)NCCc1ccccn1. The van der Waals surface area contributed by atoms with E-state index in [9.17, 15) is 0 Å². The zero-order valence-electron chi connectivity index (χ0n) is 12.9. The molecule has 1 aromatic heterocycles. The second-order valence-electron chi connectivity index (χ2n) is 5.35. The highest BCUT2D eigenvalue weighted by molar-refractivity contribution is 5.79. The summed E-state index contributed by atoms with van der Waals surface area (Å²) in [5.41, 5.74) is 2.70. The Morgan fingerprint density at radius 1 is 1.19 bits per heavy atom. The van der Waals surface area contributed by atoms with Crippen molar-refractivity contribution in [1.82, 2.24) is 15.6 Å². The molecule has 0 saturated carbocycles. The van der Waals surface area contributed by atoms with Crippen LogP contribution in [0, 0.1) is 0 Å². The highest BCUT2D eigenvalue weighted by Crippen LogP contribution is 2.19. The molecule has 21 heavy (non-hydrogen) atoms. The quantitative estimate of drug-likeness (QED) is 0.480. The van der Waals surface area contributed by atoms with Gasteiger partial charge in [-0.05, 0) is 44.2 Å². The molecule has 0 radical (unpaired) electrons. The molecule has 0 fully saturated rings. The average Bonchev–Trinajstić information content (AvgIpc) is 2.55. The molecule has 1 aliphatic rings. The minimum atomic E-state index is 0.847. The van der Waals surface area contributed by atoms with Crippen molar-refractivity contribution in [1.29, 1.82) is 0 Å². The summed E-state index contributed by atoms with van der Waals surface area (Å²) in [4.78, 5) is 8.57. The van der Waals surface area contributed by atoms with Crippen molar-refractivity contribution in [2.24, 2.45) is 4.99 Å². The van der Waals surface area contributed by atoms with Crippen molar-refractivity contribution in [2.75, 3.05) is 20.1 Å². The van der Waals surface area contributed by atoms with Crippen molar-refractivity contribution in [2.45, 2.75) is 38.5 Å². The van der Waals surface area contributed by atoms with Gasteiger partial charge in [0.25, 0.3) is 0 Å². The van der Waals surface area contributed by atoms with Crippen LogP contribution in [-0.2, 0) is 6.42 Å². The van der Waals surface area contributed by atoms with Crippen LogP contribution in [0.3, 0.4) is 0 Å². The summed E-state index contributed by atoms with van der Waals surface area (Å²) in [5, 5.41) is 6.72. The molecule has 1 aliphatic carbocycles. The number of nitrogens with zero attached hydrogens (tertiary/aromatic N) is 2. The molecule has 1 aromatic rings. The minimum absolute atomic E-state index is 0.847. The molecule has 0 bridgehead atoms. The Morgan fingerprint density at radius 2 is 2.05 bits per heavy atom. The van der Waals surface area contributed by atoms with Gasteiger partial charge in [0.1, 0.15) is 0 Å². The Labute approximate surface area is 127 Å². The fourth-order valence-corrected chi connectivity index (χ4v) is 2.55. The predicted octanol–water partition coefficient (Wildman–Crippen LogP) is 2.68. The van der Waals surface area contributed by atoms with E-state index in [4.69, 9.17) is 0 Å². The number of aliphatic imine (C=N–C) groups is 1. The Bertz CT molecular complexity index is 465. The lowest BCUT2D eigenvalue weighted by atomic mass is 9.97. The second-order valence-corrected chi connectivity index (χ2v) is 5.35. The Balaban J connectivity index is 1.63. The van der Waals surface area contributed by atoms with Crippen LogP contribution in [0.5, 0.6) is 0 Å². The van der Waals surface area contributed by atoms with Crippen LogP contribution in [0.15, 0.2) is 41.0 Å². The fraction of sp³-hybridized carbons (Fsp3) is 0.529. The summed E-state index contributed by atoms with van der Waals surface area (Å²) in [6.07, 6.45) is 11.5. The second kappa shape index (κ2) is 9.16. The zero-order chi connectivity index (χ0) is 14.8. The average molecular weight is 286 g/mol. The molecule has 4 heteroatoms. The van der Waals surface area contributed by atoms with Crippen LogP contribution < -0.4 is 10.6 Å². The first-order valence-electron chi connectivity index (χ1n) is 7.91. The van der Waals surface area contributed by atoms with E-state index in [1.807, 2.05) is 31.4 Å². The van der Waals surface area contributed by atoms with Gasteiger partial charge in [0.15, 0.2) is 5.96 Å². The third-order valence-electron chi connectivity index (χ3n) is 3.75. The molecular formula is C17H26N4. The van der Waals surface area contributed by atoms with Crippen LogP contribution in [0.2, 0.25) is 0 Å². The molecule has 2 rings (SSSR count). The van der Waals surface area contributed by atoms with E-state index in [1.54, 1.807) is 5.57 Å².